The van der Waals surface area contributed by atoms with E-state index >= 15 is 0 Å². The Labute approximate surface area is 114 Å². The van der Waals surface area contributed by atoms with Crippen LogP contribution in [0.3, 0.4) is 0 Å². The van der Waals surface area contributed by atoms with Crippen molar-refractivity contribution in [3.8, 4) is 0 Å². The lowest BCUT2D eigenvalue weighted by molar-refractivity contribution is 0.0944. The Kier molecular flexibility index (Phi) is 3.31. The number of carbonyl (C=O) groups excluding carboxylic acids is 1. The third-order valence-electron chi connectivity index (χ3n) is 4.49. The molecule has 19 heavy (non-hydrogen) atoms. The molecule has 0 spiro atoms. The summed E-state index contributed by atoms with van der Waals surface area (Å²) in [4.78, 5) is 12.2. The van der Waals surface area contributed by atoms with Crippen LogP contribution in [0.5, 0.6) is 0 Å². The maximum Gasteiger partial charge on any atom is 0.251 e. The van der Waals surface area contributed by atoms with E-state index < -0.39 is 0 Å². The molecule has 3 nitrogen and oxygen atoms in total. The minimum Gasteiger partial charge on any atom is -0.351 e. The summed E-state index contributed by atoms with van der Waals surface area (Å²) in [6.45, 7) is 1.79. The largest absolute Gasteiger partial charge is 0.351 e. The molecule has 1 aromatic rings. The third-order valence-corrected chi connectivity index (χ3v) is 4.49. The van der Waals surface area contributed by atoms with Gasteiger partial charge in [0.05, 0.1) is 0 Å². The van der Waals surface area contributed by atoms with Gasteiger partial charge in [-0.2, -0.15) is 0 Å². The van der Waals surface area contributed by atoms with Gasteiger partial charge in [-0.3, -0.25) is 4.79 Å². The maximum atomic E-state index is 12.2. The molecule has 0 heterocycles. The summed E-state index contributed by atoms with van der Waals surface area (Å²) in [7, 11) is 1.97. The van der Waals surface area contributed by atoms with Crippen molar-refractivity contribution < 1.29 is 4.79 Å². The molecule has 0 bridgehead atoms. The van der Waals surface area contributed by atoms with E-state index in [1.54, 1.807) is 0 Å². The smallest absolute Gasteiger partial charge is 0.251 e. The zero-order chi connectivity index (χ0) is 13.3. The second kappa shape index (κ2) is 4.97. The van der Waals surface area contributed by atoms with Gasteiger partial charge in [0.25, 0.3) is 5.91 Å². The zero-order valence-electron chi connectivity index (χ0n) is 11.6. The van der Waals surface area contributed by atoms with Crippen LogP contribution in [-0.2, 0) is 12.8 Å². The van der Waals surface area contributed by atoms with E-state index in [4.69, 9.17) is 0 Å². The summed E-state index contributed by atoms with van der Waals surface area (Å²) in [5, 5.41) is 6.32. The van der Waals surface area contributed by atoms with Crippen molar-refractivity contribution in [1.82, 2.24) is 10.6 Å². The quantitative estimate of drug-likeness (QED) is 0.847. The first kappa shape index (κ1) is 12.7. The number of aryl methyl sites for hydroxylation is 2. The molecule has 3 heteroatoms. The third kappa shape index (κ3) is 2.66. The van der Waals surface area contributed by atoms with Gasteiger partial charge < -0.3 is 10.6 Å². The van der Waals surface area contributed by atoms with Gasteiger partial charge in [-0.15, -0.1) is 0 Å². The van der Waals surface area contributed by atoms with Gasteiger partial charge >= 0.3 is 0 Å². The lowest BCUT2D eigenvalue weighted by atomic mass is 10.0. The number of carbonyl (C=O) groups is 1. The van der Waals surface area contributed by atoms with Crippen LogP contribution >= 0.6 is 0 Å². The van der Waals surface area contributed by atoms with Crippen molar-refractivity contribution in [3.63, 3.8) is 0 Å². The van der Waals surface area contributed by atoms with E-state index in [1.165, 1.54) is 36.8 Å². The highest BCUT2D eigenvalue weighted by Gasteiger charge is 2.41. The van der Waals surface area contributed by atoms with E-state index in [0.717, 1.165) is 25.1 Å². The number of rotatable bonds is 5. The Morgan fingerprint density at radius 3 is 2.74 bits per heavy atom. The highest BCUT2D eigenvalue weighted by Crippen LogP contribution is 2.44. The topological polar surface area (TPSA) is 41.1 Å². The summed E-state index contributed by atoms with van der Waals surface area (Å²) in [6.07, 6.45) is 5.96. The predicted octanol–water partition coefficient (Wildman–Crippen LogP) is 1.90. The predicted molar refractivity (Wildman–Crippen MR) is 76.4 cm³/mol. The second-order valence-corrected chi connectivity index (χ2v) is 6.05. The van der Waals surface area contributed by atoms with Gasteiger partial charge in [-0.1, -0.05) is 6.07 Å². The minimum atomic E-state index is 0.0806. The molecular formula is C16H22N2O. The fraction of sp³-hybridized carbons (Fsp3) is 0.562. The van der Waals surface area contributed by atoms with Gasteiger partial charge in [0, 0.05) is 24.1 Å². The second-order valence-electron chi connectivity index (χ2n) is 6.05. The van der Waals surface area contributed by atoms with E-state index in [0.29, 0.717) is 5.41 Å². The zero-order valence-corrected chi connectivity index (χ0v) is 11.6. The van der Waals surface area contributed by atoms with Crippen molar-refractivity contribution >= 4 is 5.91 Å². The first-order chi connectivity index (χ1) is 9.22. The van der Waals surface area contributed by atoms with Crippen LogP contribution < -0.4 is 10.6 Å². The van der Waals surface area contributed by atoms with E-state index in [9.17, 15) is 4.79 Å². The molecule has 0 atom stereocenters. The molecule has 1 aromatic carbocycles. The van der Waals surface area contributed by atoms with Gasteiger partial charge in [-0.05, 0) is 62.4 Å². The summed E-state index contributed by atoms with van der Waals surface area (Å²) >= 11 is 0. The van der Waals surface area contributed by atoms with Crippen molar-refractivity contribution in [2.75, 3.05) is 20.1 Å². The maximum absolute atomic E-state index is 12.2. The summed E-state index contributed by atoms with van der Waals surface area (Å²) < 4.78 is 0. The number of hydrogen-bond acceptors (Lipinski definition) is 2. The molecule has 2 N–H and O–H groups in total. The Hall–Kier alpha value is -1.35. The molecule has 0 radical (unpaired) electrons. The van der Waals surface area contributed by atoms with Gasteiger partial charge in [0.1, 0.15) is 0 Å². The number of hydrogen-bond donors (Lipinski definition) is 2. The summed E-state index contributed by atoms with van der Waals surface area (Å²) in [5.41, 5.74) is 3.93. The monoisotopic (exact) mass is 258 g/mol. The molecule has 1 amide bonds. The number of amides is 1. The van der Waals surface area contributed by atoms with Crippen molar-refractivity contribution in [2.45, 2.75) is 32.1 Å². The molecule has 102 valence electrons. The lowest BCUT2D eigenvalue weighted by Crippen LogP contribution is -2.34. The lowest BCUT2D eigenvalue weighted by Gasteiger charge is -2.15. The molecular weight excluding hydrogens is 236 g/mol. The molecule has 1 saturated carbocycles. The standard InChI is InChI=1S/C16H22N2O/c1-17-10-16(7-8-16)11-18-15(19)14-6-5-12-3-2-4-13(12)9-14/h5-6,9,17H,2-4,7-8,10-11H2,1H3,(H,18,19). The van der Waals surface area contributed by atoms with Crippen molar-refractivity contribution in [2.24, 2.45) is 5.41 Å². The van der Waals surface area contributed by atoms with E-state index in [2.05, 4.69) is 22.8 Å². The minimum absolute atomic E-state index is 0.0806. The van der Waals surface area contributed by atoms with E-state index in [1.807, 2.05) is 13.1 Å². The molecule has 1 fully saturated rings. The SMILES string of the molecule is CNCC1(CNC(=O)c2ccc3c(c2)CCC3)CC1. The van der Waals surface area contributed by atoms with Gasteiger partial charge in [0.2, 0.25) is 0 Å². The Morgan fingerprint density at radius 1 is 1.21 bits per heavy atom. The first-order valence-electron chi connectivity index (χ1n) is 7.27. The fourth-order valence-corrected chi connectivity index (χ4v) is 3.05. The molecule has 0 unspecified atom stereocenters. The number of benzene rings is 1. The summed E-state index contributed by atoms with van der Waals surface area (Å²) in [5.74, 6) is 0.0806. The fourth-order valence-electron chi connectivity index (χ4n) is 3.05. The van der Waals surface area contributed by atoms with Crippen LogP contribution in [0.25, 0.3) is 0 Å². The number of fused-ring (bicyclic) bond motifs is 1. The van der Waals surface area contributed by atoms with Crippen molar-refractivity contribution in [3.05, 3.63) is 34.9 Å². The van der Waals surface area contributed by atoms with Crippen LogP contribution in [0, 0.1) is 5.41 Å². The number of nitrogens with one attached hydrogen (secondary N) is 2. The highest BCUT2D eigenvalue weighted by atomic mass is 16.1. The molecule has 0 aliphatic heterocycles. The van der Waals surface area contributed by atoms with Crippen LogP contribution in [-0.4, -0.2) is 26.0 Å². The molecule has 2 aliphatic rings. The van der Waals surface area contributed by atoms with E-state index in [-0.39, 0.29) is 5.91 Å². The summed E-state index contributed by atoms with van der Waals surface area (Å²) in [6, 6.07) is 6.17. The first-order valence-corrected chi connectivity index (χ1v) is 7.27. The van der Waals surface area contributed by atoms with Gasteiger partial charge in [0.15, 0.2) is 0 Å². The highest BCUT2D eigenvalue weighted by molar-refractivity contribution is 5.94. The molecule has 0 saturated heterocycles. The van der Waals surface area contributed by atoms with Crippen LogP contribution in [0.2, 0.25) is 0 Å². The normalized spacial score (nSPS) is 19.0. The average Bonchev–Trinajstić information content (AvgIpc) is 3.02. The Bertz CT molecular complexity index is 492. The molecule has 0 aromatic heterocycles. The Morgan fingerprint density at radius 2 is 2.00 bits per heavy atom. The molecule has 2 aliphatic carbocycles. The van der Waals surface area contributed by atoms with Gasteiger partial charge in [-0.25, -0.2) is 0 Å². The van der Waals surface area contributed by atoms with Crippen LogP contribution in [0.4, 0.5) is 0 Å². The van der Waals surface area contributed by atoms with Crippen LogP contribution in [0.15, 0.2) is 18.2 Å². The van der Waals surface area contributed by atoms with Crippen LogP contribution in [0.1, 0.15) is 40.7 Å². The van der Waals surface area contributed by atoms with Crippen molar-refractivity contribution in [1.29, 1.82) is 0 Å². The molecule has 3 rings (SSSR count). The average molecular weight is 258 g/mol. The Balaban J connectivity index is 1.61.